The lowest BCUT2D eigenvalue weighted by Crippen LogP contribution is -2.23. The second kappa shape index (κ2) is 6.76. The molecular formula is C17H18FNOS. The van der Waals surface area contributed by atoms with Crippen molar-refractivity contribution in [2.75, 3.05) is 5.32 Å². The van der Waals surface area contributed by atoms with Crippen molar-refractivity contribution < 1.29 is 9.18 Å². The van der Waals surface area contributed by atoms with Gasteiger partial charge >= 0.3 is 0 Å². The Bertz CT molecular complexity index is 657. The van der Waals surface area contributed by atoms with Crippen LogP contribution in [-0.4, -0.2) is 11.2 Å². The lowest BCUT2D eigenvalue weighted by Gasteiger charge is -2.14. The highest BCUT2D eigenvalue weighted by molar-refractivity contribution is 8.00. The Morgan fingerprint density at radius 3 is 2.57 bits per heavy atom. The van der Waals surface area contributed by atoms with E-state index in [9.17, 15) is 9.18 Å². The standard InChI is InChI=1S/C17H18FNOS/c1-11-8-9-16(12(2)10-11)21-13(3)17(20)19-15-7-5-4-6-14(15)18/h4-10,13H,1-3H3,(H,19,20). The van der Waals surface area contributed by atoms with Gasteiger partial charge in [0.2, 0.25) is 5.91 Å². The number of halogens is 1. The zero-order valence-electron chi connectivity index (χ0n) is 12.3. The molecule has 4 heteroatoms. The summed E-state index contributed by atoms with van der Waals surface area (Å²) in [4.78, 5) is 13.2. The van der Waals surface area contributed by atoms with Crippen molar-refractivity contribution in [2.24, 2.45) is 0 Å². The Labute approximate surface area is 128 Å². The van der Waals surface area contributed by atoms with Crippen LogP contribution in [0.25, 0.3) is 0 Å². The molecule has 0 bridgehead atoms. The minimum atomic E-state index is -0.422. The normalized spacial score (nSPS) is 12.0. The van der Waals surface area contributed by atoms with Crippen LogP contribution in [0.5, 0.6) is 0 Å². The van der Waals surface area contributed by atoms with Crippen LogP contribution >= 0.6 is 11.8 Å². The molecule has 0 aliphatic rings. The number of benzene rings is 2. The van der Waals surface area contributed by atoms with Crippen molar-refractivity contribution in [3.8, 4) is 0 Å². The van der Waals surface area contributed by atoms with Gasteiger partial charge in [-0.2, -0.15) is 0 Å². The molecule has 1 amide bonds. The molecule has 2 aromatic rings. The molecule has 2 aromatic carbocycles. The van der Waals surface area contributed by atoms with Gasteiger partial charge in [-0.1, -0.05) is 29.8 Å². The molecule has 0 heterocycles. The summed E-state index contributed by atoms with van der Waals surface area (Å²) < 4.78 is 13.5. The Balaban J connectivity index is 2.04. The van der Waals surface area contributed by atoms with E-state index < -0.39 is 5.82 Å². The summed E-state index contributed by atoms with van der Waals surface area (Å²) >= 11 is 1.48. The lowest BCUT2D eigenvalue weighted by molar-refractivity contribution is -0.115. The average Bonchev–Trinajstić information content (AvgIpc) is 2.44. The van der Waals surface area contributed by atoms with Crippen LogP contribution in [0.4, 0.5) is 10.1 Å². The molecule has 1 N–H and O–H groups in total. The van der Waals surface area contributed by atoms with Crippen LogP contribution in [0.3, 0.4) is 0 Å². The second-order valence-corrected chi connectivity index (χ2v) is 6.38. The molecule has 0 aliphatic carbocycles. The van der Waals surface area contributed by atoms with Crippen LogP contribution in [0.1, 0.15) is 18.1 Å². The van der Waals surface area contributed by atoms with Gasteiger partial charge in [0.05, 0.1) is 10.9 Å². The molecule has 0 spiro atoms. The van der Waals surface area contributed by atoms with E-state index >= 15 is 0 Å². The second-order valence-electron chi connectivity index (χ2n) is 5.00. The fourth-order valence-electron chi connectivity index (χ4n) is 1.97. The van der Waals surface area contributed by atoms with E-state index in [2.05, 4.69) is 11.4 Å². The highest BCUT2D eigenvalue weighted by Crippen LogP contribution is 2.28. The monoisotopic (exact) mass is 303 g/mol. The number of amides is 1. The highest BCUT2D eigenvalue weighted by Gasteiger charge is 2.16. The SMILES string of the molecule is Cc1ccc(SC(C)C(=O)Nc2ccccc2F)c(C)c1. The van der Waals surface area contributed by atoms with Crippen molar-refractivity contribution in [3.63, 3.8) is 0 Å². The number of aryl methyl sites for hydroxylation is 2. The first-order chi connectivity index (χ1) is 9.97. The van der Waals surface area contributed by atoms with Crippen molar-refractivity contribution in [1.82, 2.24) is 0 Å². The van der Waals surface area contributed by atoms with E-state index in [1.165, 1.54) is 23.4 Å². The quantitative estimate of drug-likeness (QED) is 0.839. The molecule has 0 saturated carbocycles. The molecular weight excluding hydrogens is 285 g/mol. The van der Waals surface area contributed by atoms with Crippen LogP contribution in [0, 0.1) is 19.7 Å². The molecule has 0 aromatic heterocycles. The van der Waals surface area contributed by atoms with Crippen molar-refractivity contribution in [1.29, 1.82) is 0 Å². The van der Waals surface area contributed by atoms with Crippen LogP contribution < -0.4 is 5.32 Å². The number of hydrogen-bond acceptors (Lipinski definition) is 2. The van der Waals surface area contributed by atoms with E-state index in [4.69, 9.17) is 0 Å². The Morgan fingerprint density at radius 2 is 1.90 bits per heavy atom. The molecule has 110 valence electrons. The molecule has 0 saturated heterocycles. The van der Waals surface area contributed by atoms with Gasteiger partial charge < -0.3 is 5.32 Å². The summed E-state index contributed by atoms with van der Waals surface area (Å²) in [5.74, 6) is -0.625. The fourth-order valence-corrected chi connectivity index (χ4v) is 2.91. The molecule has 0 radical (unpaired) electrons. The maximum absolute atomic E-state index is 13.5. The van der Waals surface area contributed by atoms with Gasteiger partial charge in [0.1, 0.15) is 5.82 Å². The molecule has 21 heavy (non-hydrogen) atoms. The molecule has 2 rings (SSSR count). The Kier molecular flexibility index (Phi) is 5.02. The molecule has 0 fully saturated rings. The molecule has 1 atom stereocenters. The van der Waals surface area contributed by atoms with E-state index in [1.807, 2.05) is 32.9 Å². The maximum Gasteiger partial charge on any atom is 0.237 e. The number of para-hydroxylation sites is 1. The topological polar surface area (TPSA) is 29.1 Å². The minimum Gasteiger partial charge on any atom is -0.323 e. The summed E-state index contributed by atoms with van der Waals surface area (Å²) in [6.07, 6.45) is 0. The smallest absolute Gasteiger partial charge is 0.237 e. The predicted octanol–water partition coefficient (Wildman–Crippen LogP) is 4.56. The van der Waals surface area contributed by atoms with E-state index in [0.29, 0.717) is 0 Å². The largest absolute Gasteiger partial charge is 0.323 e. The van der Waals surface area contributed by atoms with Gasteiger partial charge in [0.25, 0.3) is 0 Å². The van der Waals surface area contributed by atoms with Gasteiger partial charge in [-0.3, -0.25) is 4.79 Å². The summed E-state index contributed by atoms with van der Waals surface area (Å²) in [7, 11) is 0. The Morgan fingerprint density at radius 1 is 1.19 bits per heavy atom. The first kappa shape index (κ1) is 15.6. The molecule has 1 unspecified atom stereocenters. The van der Waals surface area contributed by atoms with Gasteiger partial charge in [0.15, 0.2) is 0 Å². The number of carbonyl (C=O) groups excluding carboxylic acids is 1. The molecule has 2 nitrogen and oxygen atoms in total. The number of thioether (sulfide) groups is 1. The summed E-state index contributed by atoms with van der Waals surface area (Å²) in [6.45, 7) is 5.88. The van der Waals surface area contributed by atoms with Gasteiger partial charge in [0, 0.05) is 4.90 Å². The van der Waals surface area contributed by atoms with Gasteiger partial charge in [-0.05, 0) is 44.5 Å². The highest BCUT2D eigenvalue weighted by atomic mass is 32.2. The van der Waals surface area contributed by atoms with Gasteiger partial charge in [-0.25, -0.2) is 4.39 Å². The number of carbonyl (C=O) groups is 1. The zero-order valence-corrected chi connectivity index (χ0v) is 13.1. The first-order valence-electron chi connectivity index (χ1n) is 6.76. The first-order valence-corrected chi connectivity index (χ1v) is 7.64. The van der Waals surface area contributed by atoms with Gasteiger partial charge in [-0.15, -0.1) is 11.8 Å². The predicted molar refractivity (Wildman–Crippen MR) is 86.3 cm³/mol. The van der Waals surface area contributed by atoms with Crippen LogP contribution in [0.2, 0.25) is 0 Å². The van der Waals surface area contributed by atoms with Crippen molar-refractivity contribution in [3.05, 3.63) is 59.4 Å². The van der Waals surface area contributed by atoms with Crippen molar-refractivity contribution in [2.45, 2.75) is 30.9 Å². The number of anilines is 1. The lowest BCUT2D eigenvalue weighted by atomic mass is 10.2. The van der Waals surface area contributed by atoms with E-state index in [1.54, 1.807) is 18.2 Å². The third-order valence-electron chi connectivity index (χ3n) is 3.14. The zero-order chi connectivity index (χ0) is 15.4. The van der Waals surface area contributed by atoms with Crippen molar-refractivity contribution >= 4 is 23.4 Å². The third-order valence-corrected chi connectivity index (χ3v) is 4.41. The molecule has 0 aliphatic heterocycles. The van der Waals surface area contributed by atoms with Crippen LogP contribution in [-0.2, 0) is 4.79 Å². The van der Waals surface area contributed by atoms with Crippen LogP contribution in [0.15, 0.2) is 47.4 Å². The number of rotatable bonds is 4. The number of hydrogen-bond donors (Lipinski definition) is 1. The summed E-state index contributed by atoms with van der Waals surface area (Å²) in [5, 5.41) is 2.33. The van der Waals surface area contributed by atoms with E-state index in [0.717, 1.165) is 10.5 Å². The summed E-state index contributed by atoms with van der Waals surface area (Å²) in [5.41, 5.74) is 2.56. The average molecular weight is 303 g/mol. The fraction of sp³-hybridized carbons (Fsp3) is 0.235. The number of nitrogens with one attached hydrogen (secondary N) is 1. The van der Waals surface area contributed by atoms with E-state index in [-0.39, 0.29) is 16.8 Å². The summed E-state index contributed by atoms with van der Waals surface area (Å²) in [6, 6.07) is 12.3. The minimum absolute atomic E-state index is 0.204. The maximum atomic E-state index is 13.5. The third kappa shape index (κ3) is 4.08. The Hall–Kier alpha value is -1.81.